The third-order valence-electron chi connectivity index (χ3n) is 2.43. The molecule has 2 nitrogen and oxygen atoms in total. The molecule has 0 fully saturated rings. The predicted molar refractivity (Wildman–Crippen MR) is 73.4 cm³/mol. The Morgan fingerprint density at radius 2 is 1.89 bits per heavy atom. The van der Waals surface area contributed by atoms with Gasteiger partial charge in [-0.3, -0.25) is 0 Å². The quantitative estimate of drug-likeness (QED) is 0.918. The second-order valence-corrected chi connectivity index (χ2v) is 4.71. The van der Waals surface area contributed by atoms with Gasteiger partial charge in [-0.15, -0.1) is 0 Å². The summed E-state index contributed by atoms with van der Waals surface area (Å²) >= 11 is 3.27. The van der Waals surface area contributed by atoms with Gasteiger partial charge in [-0.05, 0) is 58.9 Å². The summed E-state index contributed by atoms with van der Waals surface area (Å²) in [6, 6.07) is 12.1. The van der Waals surface area contributed by atoms with Gasteiger partial charge in [-0.25, -0.2) is 4.39 Å². The van der Waals surface area contributed by atoms with Crippen LogP contribution in [0.15, 0.2) is 46.9 Å². The van der Waals surface area contributed by atoms with Crippen LogP contribution in [0.4, 0.5) is 4.39 Å². The minimum Gasteiger partial charge on any atom is -0.456 e. The number of hydrogen-bond acceptors (Lipinski definition) is 2. The van der Waals surface area contributed by atoms with Crippen LogP contribution in [0.2, 0.25) is 0 Å². The van der Waals surface area contributed by atoms with E-state index in [1.807, 2.05) is 31.3 Å². The lowest BCUT2D eigenvalue weighted by Crippen LogP contribution is -2.04. The number of hydrogen-bond donors (Lipinski definition) is 1. The van der Waals surface area contributed by atoms with Gasteiger partial charge in [0, 0.05) is 6.54 Å². The molecule has 94 valence electrons. The summed E-state index contributed by atoms with van der Waals surface area (Å²) in [6.07, 6.45) is 0. The molecule has 0 aliphatic rings. The number of ether oxygens (including phenoxy) is 1. The molecule has 2 aromatic rings. The second-order valence-electron chi connectivity index (χ2n) is 3.85. The molecular formula is C14H13BrFNO. The van der Waals surface area contributed by atoms with Gasteiger partial charge in [0.25, 0.3) is 0 Å². The summed E-state index contributed by atoms with van der Waals surface area (Å²) in [7, 11) is 1.90. The third kappa shape index (κ3) is 3.31. The molecular weight excluding hydrogens is 297 g/mol. The van der Waals surface area contributed by atoms with E-state index >= 15 is 0 Å². The highest BCUT2D eigenvalue weighted by atomic mass is 79.9. The first-order chi connectivity index (χ1) is 8.69. The van der Waals surface area contributed by atoms with Crippen molar-refractivity contribution in [3.63, 3.8) is 0 Å². The van der Waals surface area contributed by atoms with E-state index in [9.17, 15) is 4.39 Å². The van der Waals surface area contributed by atoms with E-state index in [0.29, 0.717) is 10.2 Å². The van der Waals surface area contributed by atoms with Gasteiger partial charge in [0.2, 0.25) is 0 Å². The molecule has 18 heavy (non-hydrogen) atoms. The van der Waals surface area contributed by atoms with Crippen LogP contribution in [0.3, 0.4) is 0 Å². The Balaban J connectivity index is 2.13. The Hall–Kier alpha value is -1.39. The number of rotatable bonds is 4. The van der Waals surface area contributed by atoms with Gasteiger partial charge in [0.15, 0.2) is 0 Å². The zero-order valence-electron chi connectivity index (χ0n) is 9.91. The van der Waals surface area contributed by atoms with Gasteiger partial charge >= 0.3 is 0 Å². The van der Waals surface area contributed by atoms with Crippen LogP contribution in [0.25, 0.3) is 0 Å². The topological polar surface area (TPSA) is 21.3 Å². The Morgan fingerprint density at radius 1 is 1.17 bits per heavy atom. The van der Waals surface area contributed by atoms with Gasteiger partial charge in [0.1, 0.15) is 17.3 Å². The summed E-state index contributed by atoms with van der Waals surface area (Å²) < 4.78 is 19.2. The Kier molecular flexibility index (Phi) is 4.33. The van der Waals surface area contributed by atoms with Crippen LogP contribution in [-0.4, -0.2) is 7.05 Å². The zero-order chi connectivity index (χ0) is 13.0. The molecule has 0 amide bonds. The SMILES string of the molecule is CNCc1ccc(Oc2ccc(F)cc2Br)cc1. The lowest BCUT2D eigenvalue weighted by molar-refractivity contribution is 0.477. The van der Waals surface area contributed by atoms with E-state index in [0.717, 1.165) is 12.3 Å². The normalized spacial score (nSPS) is 10.4. The Labute approximate surface area is 114 Å². The van der Waals surface area contributed by atoms with E-state index in [-0.39, 0.29) is 5.82 Å². The smallest absolute Gasteiger partial charge is 0.141 e. The maximum atomic E-state index is 12.9. The van der Waals surface area contributed by atoms with Crippen LogP contribution < -0.4 is 10.1 Å². The third-order valence-corrected chi connectivity index (χ3v) is 3.05. The predicted octanol–water partition coefficient (Wildman–Crippen LogP) is 4.10. The molecule has 0 aromatic heterocycles. The molecule has 0 saturated heterocycles. The fourth-order valence-electron chi connectivity index (χ4n) is 1.56. The zero-order valence-corrected chi connectivity index (χ0v) is 11.5. The lowest BCUT2D eigenvalue weighted by atomic mass is 10.2. The molecule has 0 saturated carbocycles. The minimum absolute atomic E-state index is 0.293. The molecule has 0 spiro atoms. The first kappa shape index (κ1) is 13.1. The molecule has 1 N–H and O–H groups in total. The minimum atomic E-state index is -0.293. The molecule has 4 heteroatoms. The van der Waals surface area contributed by atoms with Crippen LogP contribution >= 0.6 is 15.9 Å². The van der Waals surface area contributed by atoms with Crippen molar-refractivity contribution in [3.8, 4) is 11.5 Å². The molecule has 0 bridgehead atoms. The highest BCUT2D eigenvalue weighted by Crippen LogP contribution is 2.30. The molecule has 0 atom stereocenters. The van der Waals surface area contributed by atoms with E-state index < -0.39 is 0 Å². The lowest BCUT2D eigenvalue weighted by Gasteiger charge is -2.08. The average molecular weight is 310 g/mol. The largest absolute Gasteiger partial charge is 0.456 e. The fourth-order valence-corrected chi connectivity index (χ4v) is 2.00. The van der Waals surface area contributed by atoms with Gasteiger partial charge in [-0.2, -0.15) is 0 Å². The average Bonchev–Trinajstić information content (AvgIpc) is 2.35. The molecule has 0 aliphatic carbocycles. The summed E-state index contributed by atoms with van der Waals surface area (Å²) in [5.41, 5.74) is 1.18. The molecule has 0 unspecified atom stereocenters. The van der Waals surface area contributed by atoms with Crippen molar-refractivity contribution < 1.29 is 9.13 Å². The van der Waals surface area contributed by atoms with Gasteiger partial charge in [-0.1, -0.05) is 12.1 Å². The molecule has 0 heterocycles. The monoisotopic (exact) mass is 309 g/mol. The first-order valence-electron chi connectivity index (χ1n) is 5.55. The summed E-state index contributed by atoms with van der Waals surface area (Å²) in [4.78, 5) is 0. The van der Waals surface area contributed by atoms with Gasteiger partial charge < -0.3 is 10.1 Å². The summed E-state index contributed by atoms with van der Waals surface area (Å²) in [5.74, 6) is 1.03. The molecule has 0 aliphatic heterocycles. The summed E-state index contributed by atoms with van der Waals surface area (Å²) in [6.45, 7) is 0.820. The fraction of sp³-hybridized carbons (Fsp3) is 0.143. The van der Waals surface area contributed by atoms with Crippen molar-refractivity contribution in [1.82, 2.24) is 5.32 Å². The Morgan fingerprint density at radius 3 is 2.50 bits per heavy atom. The van der Waals surface area contributed by atoms with Crippen LogP contribution in [0.1, 0.15) is 5.56 Å². The van der Waals surface area contributed by atoms with E-state index in [1.165, 1.54) is 17.7 Å². The first-order valence-corrected chi connectivity index (χ1v) is 6.35. The van der Waals surface area contributed by atoms with E-state index in [2.05, 4.69) is 21.2 Å². The highest BCUT2D eigenvalue weighted by Gasteiger charge is 2.04. The standard InChI is InChI=1S/C14H13BrFNO/c1-17-9-10-2-5-12(6-3-10)18-14-7-4-11(16)8-13(14)15/h2-8,17H,9H2,1H3. The number of halogens is 2. The second kappa shape index (κ2) is 5.98. The molecule has 0 radical (unpaired) electrons. The van der Waals surface area contributed by atoms with Crippen molar-refractivity contribution in [1.29, 1.82) is 0 Å². The van der Waals surface area contributed by atoms with Crippen LogP contribution in [0.5, 0.6) is 11.5 Å². The number of benzene rings is 2. The van der Waals surface area contributed by atoms with E-state index in [1.54, 1.807) is 6.07 Å². The maximum absolute atomic E-state index is 12.9. The van der Waals surface area contributed by atoms with Crippen molar-refractivity contribution in [3.05, 3.63) is 58.3 Å². The molecule has 2 rings (SSSR count). The van der Waals surface area contributed by atoms with Crippen molar-refractivity contribution in [2.75, 3.05) is 7.05 Å². The van der Waals surface area contributed by atoms with Crippen LogP contribution in [0, 0.1) is 5.82 Å². The summed E-state index contributed by atoms with van der Waals surface area (Å²) in [5, 5.41) is 3.08. The highest BCUT2D eigenvalue weighted by molar-refractivity contribution is 9.10. The number of nitrogens with one attached hydrogen (secondary N) is 1. The molecule has 2 aromatic carbocycles. The van der Waals surface area contributed by atoms with Gasteiger partial charge in [0.05, 0.1) is 4.47 Å². The van der Waals surface area contributed by atoms with E-state index in [4.69, 9.17) is 4.74 Å². The van der Waals surface area contributed by atoms with Crippen molar-refractivity contribution >= 4 is 15.9 Å². The maximum Gasteiger partial charge on any atom is 0.141 e. The van der Waals surface area contributed by atoms with Crippen molar-refractivity contribution in [2.45, 2.75) is 6.54 Å². The van der Waals surface area contributed by atoms with Crippen LogP contribution in [-0.2, 0) is 6.54 Å². The van der Waals surface area contributed by atoms with Crippen molar-refractivity contribution in [2.24, 2.45) is 0 Å². The Bertz CT molecular complexity index is 528.